The van der Waals surface area contributed by atoms with Crippen LogP contribution in [0.15, 0.2) is 24.3 Å². The van der Waals surface area contributed by atoms with Crippen molar-refractivity contribution in [3.05, 3.63) is 35.4 Å². The van der Waals surface area contributed by atoms with Crippen molar-refractivity contribution in [3.8, 4) is 0 Å². The van der Waals surface area contributed by atoms with Crippen LogP contribution in [0, 0.1) is 6.92 Å². The van der Waals surface area contributed by atoms with Gasteiger partial charge in [0.05, 0.1) is 6.42 Å². The average Bonchev–Trinajstić information content (AvgIpc) is 2.33. The average molecular weight is 233 g/mol. The molecule has 1 amide bonds. The number of benzene rings is 1. The van der Waals surface area contributed by atoms with Crippen molar-refractivity contribution < 1.29 is 9.53 Å². The zero-order valence-corrected chi connectivity index (χ0v) is 10.2. The number of amides is 1. The van der Waals surface area contributed by atoms with Crippen LogP contribution in [0.2, 0.25) is 0 Å². The Morgan fingerprint density at radius 2 is 1.94 bits per heavy atom. The van der Waals surface area contributed by atoms with E-state index in [0.29, 0.717) is 12.5 Å². The monoisotopic (exact) mass is 233 g/mol. The summed E-state index contributed by atoms with van der Waals surface area (Å²) in [6.45, 7) is 3.57. The van der Waals surface area contributed by atoms with Crippen LogP contribution in [0.5, 0.6) is 0 Å². The number of aryl methyl sites for hydroxylation is 1. The second-order valence-electron chi connectivity index (χ2n) is 4.62. The molecular weight excluding hydrogens is 214 g/mol. The van der Waals surface area contributed by atoms with Gasteiger partial charge in [-0.25, -0.2) is 0 Å². The molecule has 92 valence electrons. The smallest absolute Gasteiger partial charge is 0.224 e. The van der Waals surface area contributed by atoms with Gasteiger partial charge in [0.2, 0.25) is 5.91 Å². The van der Waals surface area contributed by atoms with Crippen LogP contribution < -0.4 is 5.32 Å². The van der Waals surface area contributed by atoms with Gasteiger partial charge in [0, 0.05) is 19.3 Å². The van der Waals surface area contributed by atoms with E-state index in [1.54, 1.807) is 0 Å². The van der Waals surface area contributed by atoms with Gasteiger partial charge in [-0.05, 0) is 25.3 Å². The van der Waals surface area contributed by atoms with Gasteiger partial charge in [0.15, 0.2) is 0 Å². The molecule has 3 nitrogen and oxygen atoms in total. The van der Waals surface area contributed by atoms with Crippen molar-refractivity contribution in [2.75, 3.05) is 13.2 Å². The Bertz CT molecular complexity index is 366. The largest absolute Gasteiger partial charge is 0.381 e. The molecule has 3 heteroatoms. The summed E-state index contributed by atoms with van der Waals surface area (Å²) in [5, 5.41) is 3.06. The number of hydrogen-bond acceptors (Lipinski definition) is 2. The summed E-state index contributed by atoms with van der Waals surface area (Å²) in [6.07, 6.45) is 2.33. The number of carbonyl (C=O) groups is 1. The number of carbonyl (C=O) groups excluding carboxylic acids is 1. The summed E-state index contributed by atoms with van der Waals surface area (Å²) in [4.78, 5) is 11.8. The number of nitrogens with one attached hydrogen (secondary N) is 1. The number of ether oxygens (including phenoxy) is 1. The lowest BCUT2D eigenvalue weighted by Gasteiger charge is -2.23. The van der Waals surface area contributed by atoms with E-state index in [0.717, 1.165) is 31.6 Å². The van der Waals surface area contributed by atoms with Crippen molar-refractivity contribution in [1.82, 2.24) is 5.32 Å². The van der Waals surface area contributed by atoms with Crippen molar-refractivity contribution in [2.24, 2.45) is 0 Å². The van der Waals surface area contributed by atoms with Gasteiger partial charge in [-0.15, -0.1) is 0 Å². The zero-order chi connectivity index (χ0) is 12.1. The molecule has 0 saturated carbocycles. The molecular formula is C14H19NO2. The minimum absolute atomic E-state index is 0.112. The lowest BCUT2D eigenvalue weighted by atomic mass is 10.1. The maximum atomic E-state index is 11.8. The fraction of sp³-hybridized carbons (Fsp3) is 0.500. The Morgan fingerprint density at radius 3 is 2.59 bits per heavy atom. The second-order valence-corrected chi connectivity index (χ2v) is 4.62. The predicted octanol–water partition coefficient (Wildman–Crippen LogP) is 1.83. The maximum Gasteiger partial charge on any atom is 0.224 e. The van der Waals surface area contributed by atoms with Crippen LogP contribution >= 0.6 is 0 Å². The molecule has 2 rings (SSSR count). The van der Waals surface area contributed by atoms with Crippen molar-refractivity contribution in [2.45, 2.75) is 32.2 Å². The van der Waals surface area contributed by atoms with E-state index in [-0.39, 0.29) is 5.91 Å². The summed E-state index contributed by atoms with van der Waals surface area (Å²) in [5.41, 5.74) is 2.29. The Labute approximate surface area is 102 Å². The third-order valence-corrected chi connectivity index (χ3v) is 3.07. The van der Waals surface area contributed by atoms with Crippen molar-refractivity contribution in [3.63, 3.8) is 0 Å². The van der Waals surface area contributed by atoms with Gasteiger partial charge in [0.1, 0.15) is 0 Å². The summed E-state index contributed by atoms with van der Waals surface area (Å²) < 4.78 is 5.26. The Kier molecular flexibility index (Phi) is 4.15. The van der Waals surface area contributed by atoms with E-state index in [1.165, 1.54) is 5.56 Å². The van der Waals surface area contributed by atoms with Crippen LogP contribution in [-0.2, 0) is 16.0 Å². The first-order valence-corrected chi connectivity index (χ1v) is 6.17. The summed E-state index contributed by atoms with van der Waals surface area (Å²) in [6, 6.07) is 8.40. The second kappa shape index (κ2) is 5.82. The van der Waals surface area contributed by atoms with Crippen molar-refractivity contribution >= 4 is 5.91 Å². The molecule has 1 aliphatic rings. The highest BCUT2D eigenvalue weighted by Gasteiger charge is 2.15. The predicted molar refractivity (Wildman–Crippen MR) is 66.9 cm³/mol. The maximum absolute atomic E-state index is 11.8. The molecule has 0 atom stereocenters. The topological polar surface area (TPSA) is 38.3 Å². The molecule has 1 aromatic carbocycles. The summed E-state index contributed by atoms with van der Waals surface area (Å²) in [7, 11) is 0. The van der Waals surface area contributed by atoms with Crippen LogP contribution in [0.3, 0.4) is 0 Å². The molecule has 0 radical (unpaired) electrons. The molecule has 0 aliphatic carbocycles. The highest BCUT2D eigenvalue weighted by Crippen LogP contribution is 2.08. The number of rotatable bonds is 3. The van der Waals surface area contributed by atoms with Crippen LogP contribution in [0.25, 0.3) is 0 Å². The van der Waals surface area contributed by atoms with Gasteiger partial charge in [-0.1, -0.05) is 29.8 Å². The molecule has 1 aliphatic heterocycles. The van der Waals surface area contributed by atoms with Gasteiger partial charge in [-0.2, -0.15) is 0 Å². The Morgan fingerprint density at radius 1 is 1.29 bits per heavy atom. The first kappa shape index (κ1) is 12.1. The molecule has 0 bridgehead atoms. The fourth-order valence-corrected chi connectivity index (χ4v) is 2.01. The van der Waals surface area contributed by atoms with Crippen molar-refractivity contribution in [1.29, 1.82) is 0 Å². The third kappa shape index (κ3) is 3.86. The quantitative estimate of drug-likeness (QED) is 0.865. The highest BCUT2D eigenvalue weighted by atomic mass is 16.5. The Balaban J connectivity index is 1.82. The van der Waals surface area contributed by atoms with E-state index in [2.05, 4.69) is 5.32 Å². The highest BCUT2D eigenvalue weighted by molar-refractivity contribution is 5.78. The molecule has 0 unspecified atom stereocenters. The van der Waals surface area contributed by atoms with Gasteiger partial charge >= 0.3 is 0 Å². The van der Waals surface area contributed by atoms with Crippen LogP contribution in [0.1, 0.15) is 24.0 Å². The van der Waals surface area contributed by atoms with Gasteiger partial charge in [0.25, 0.3) is 0 Å². The molecule has 1 aromatic rings. The SMILES string of the molecule is Cc1ccc(CC(=O)NC2CCOCC2)cc1. The minimum Gasteiger partial charge on any atom is -0.381 e. The van der Waals surface area contributed by atoms with Gasteiger partial charge < -0.3 is 10.1 Å². The minimum atomic E-state index is 0.112. The standard InChI is InChI=1S/C14H19NO2/c1-11-2-4-12(5-3-11)10-14(16)15-13-6-8-17-9-7-13/h2-5,13H,6-10H2,1H3,(H,15,16). The molecule has 0 spiro atoms. The van der Waals surface area contributed by atoms with Gasteiger partial charge in [-0.3, -0.25) is 4.79 Å². The van der Waals surface area contributed by atoms with E-state index < -0.39 is 0 Å². The summed E-state index contributed by atoms with van der Waals surface area (Å²) in [5.74, 6) is 0.112. The lowest BCUT2D eigenvalue weighted by Crippen LogP contribution is -2.39. The van der Waals surface area contributed by atoms with E-state index >= 15 is 0 Å². The Hall–Kier alpha value is -1.35. The molecule has 0 aromatic heterocycles. The van der Waals surface area contributed by atoms with E-state index in [1.807, 2.05) is 31.2 Å². The van der Waals surface area contributed by atoms with E-state index in [9.17, 15) is 4.79 Å². The third-order valence-electron chi connectivity index (χ3n) is 3.07. The summed E-state index contributed by atoms with van der Waals surface area (Å²) >= 11 is 0. The van der Waals surface area contributed by atoms with Crippen LogP contribution in [0.4, 0.5) is 0 Å². The van der Waals surface area contributed by atoms with Crippen LogP contribution in [-0.4, -0.2) is 25.2 Å². The normalized spacial score (nSPS) is 16.8. The first-order valence-electron chi connectivity index (χ1n) is 6.17. The molecule has 1 N–H and O–H groups in total. The molecule has 1 saturated heterocycles. The molecule has 1 heterocycles. The number of hydrogen-bond donors (Lipinski definition) is 1. The fourth-order valence-electron chi connectivity index (χ4n) is 2.01. The lowest BCUT2D eigenvalue weighted by molar-refractivity contribution is -0.121. The molecule has 17 heavy (non-hydrogen) atoms. The molecule has 1 fully saturated rings. The first-order chi connectivity index (χ1) is 8.24. The van der Waals surface area contributed by atoms with E-state index in [4.69, 9.17) is 4.74 Å². The zero-order valence-electron chi connectivity index (χ0n) is 10.2.